The summed E-state index contributed by atoms with van der Waals surface area (Å²) in [5.41, 5.74) is 2.10. The van der Waals surface area contributed by atoms with Gasteiger partial charge in [-0.3, -0.25) is 4.79 Å². The van der Waals surface area contributed by atoms with Gasteiger partial charge in [-0.1, -0.05) is 18.2 Å². The molecule has 0 saturated heterocycles. The number of rotatable bonds is 8. The van der Waals surface area contributed by atoms with Crippen molar-refractivity contribution in [3.05, 3.63) is 36.0 Å². The number of benzene rings is 1. The maximum absolute atomic E-state index is 13.4. The molecular weight excluding hydrogens is 360 g/mol. The van der Waals surface area contributed by atoms with Crippen molar-refractivity contribution in [2.24, 2.45) is 17.8 Å². The molecule has 4 fully saturated rings. The Balaban J connectivity index is 1.34. The highest BCUT2D eigenvalue weighted by atomic mass is 16.5. The molecular formula is C25H34N2O2. The van der Waals surface area contributed by atoms with Crippen LogP contribution in [0, 0.1) is 17.8 Å². The number of fused-ring (bicyclic) bond motifs is 1. The fourth-order valence-electron chi connectivity index (χ4n) is 6.89. The average molecular weight is 395 g/mol. The third-order valence-corrected chi connectivity index (χ3v) is 7.70. The third-order valence-electron chi connectivity index (χ3n) is 7.70. The number of para-hydroxylation sites is 1. The number of aromatic nitrogens is 1. The van der Waals surface area contributed by atoms with E-state index in [-0.39, 0.29) is 11.4 Å². The van der Waals surface area contributed by atoms with Gasteiger partial charge in [0.2, 0.25) is 0 Å². The molecule has 2 aromatic rings. The minimum atomic E-state index is 0.0647. The van der Waals surface area contributed by atoms with Crippen molar-refractivity contribution in [3.63, 3.8) is 0 Å². The summed E-state index contributed by atoms with van der Waals surface area (Å²) in [6.45, 7) is 1.78. The highest BCUT2D eigenvalue weighted by molar-refractivity contribution is 6.07. The van der Waals surface area contributed by atoms with Crippen LogP contribution in [-0.4, -0.2) is 29.7 Å². The van der Waals surface area contributed by atoms with Gasteiger partial charge in [-0.2, -0.15) is 0 Å². The lowest BCUT2D eigenvalue weighted by Gasteiger charge is -2.56. The van der Waals surface area contributed by atoms with Gasteiger partial charge in [0.15, 0.2) is 0 Å². The number of unbranched alkanes of at least 4 members (excludes halogenated alkanes) is 2. The summed E-state index contributed by atoms with van der Waals surface area (Å²) in [5, 5.41) is 4.65. The van der Waals surface area contributed by atoms with E-state index < -0.39 is 0 Å². The van der Waals surface area contributed by atoms with E-state index in [9.17, 15) is 4.79 Å². The molecule has 4 saturated carbocycles. The largest absolute Gasteiger partial charge is 0.385 e. The topological polar surface area (TPSA) is 43.3 Å². The van der Waals surface area contributed by atoms with Crippen molar-refractivity contribution >= 4 is 16.8 Å². The molecule has 1 aromatic carbocycles. The lowest BCUT2D eigenvalue weighted by Crippen LogP contribution is -2.59. The molecule has 1 heterocycles. The summed E-state index contributed by atoms with van der Waals surface area (Å²) in [6.07, 6.45) is 13.2. The molecule has 6 rings (SSSR count). The highest BCUT2D eigenvalue weighted by Crippen LogP contribution is 2.55. The number of carbonyl (C=O) groups excluding carboxylic acids is 1. The van der Waals surface area contributed by atoms with E-state index in [2.05, 4.69) is 34.3 Å². The molecule has 156 valence electrons. The van der Waals surface area contributed by atoms with Crippen LogP contribution in [-0.2, 0) is 11.3 Å². The second kappa shape index (κ2) is 7.79. The lowest BCUT2D eigenvalue weighted by atomic mass is 9.53. The Labute approximate surface area is 174 Å². The van der Waals surface area contributed by atoms with Crippen molar-refractivity contribution in [2.45, 2.75) is 69.9 Å². The first-order chi connectivity index (χ1) is 14.2. The van der Waals surface area contributed by atoms with Crippen LogP contribution in [0.5, 0.6) is 0 Å². The minimum absolute atomic E-state index is 0.0647. The van der Waals surface area contributed by atoms with Gasteiger partial charge in [0.1, 0.15) is 0 Å². The van der Waals surface area contributed by atoms with Gasteiger partial charge in [0.05, 0.1) is 5.56 Å². The first-order valence-electron chi connectivity index (χ1n) is 11.6. The van der Waals surface area contributed by atoms with Crippen LogP contribution in [0.2, 0.25) is 0 Å². The number of hydrogen-bond donors (Lipinski definition) is 1. The normalized spacial score (nSPS) is 30.2. The van der Waals surface area contributed by atoms with Gasteiger partial charge in [0, 0.05) is 42.9 Å². The molecule has 1 aromatic heterocycles. The Morgan fingerprint density at radius 3 is 2.45 bits per heavy atom. The number of ether oxygens (including phenoxy) is 1. The molecule has 0 unspecified atom stereocenters. The molecule has 4 heteroatoms. The molecule has 4 aliphatic rings. The molecule has 0 spiro atoms. The molecule has 4 nitrogen and oxygen atoms in total. The zero-order valence-corrected chi connectivity index (χ0v) is 17.7. The Hall–Kier alpha value is -1.81. The van der Waals surface area contributed by atoms with Crippen LogP contribution >= 0.6 is 0 Å². The van der Waals surface area contributed by atoms with Crippen molar-refractivity contribution < 1.29 is 9.53 Å². The quantitative estimate of drug-likeness (QED) is 0.629. The summed E-state index contributed by atoms with van der Waals surface area (Å²) in [6, 6.07) is 8.37. The lowest BCUT2D eigenvalue weighted by molar-refractivity contribution is -0.0166. The summed E-state index contributed by atoms with van der Waals surface area (Å²) in [7, 11) is 1.76. The molecule has 1 amide bonds. The number of aryl methyl sites for hydroxylation is 1. The summed E-state index contributed by atoms with van der Waals surface area (Å²) in [4.78, 5) is 13.4. The predicted octanol–water partition coefficient (Wildman–Crippen LogP) is 5.16. The van der Waals surface area contributed by atoms with Gasteiger partial charge < -0.3 is 14.6 Å². The van der Waals surface area contributed by atoms with Crippen molar-refractivity contribution in [2.75, 3.05) is 13.7 Å². The molecule has 0 atom stereocenters. The zero-order valence-electron chi connectivity index (χ0n) is 17.7. The Bertz CT molecular complexity index is 849. The standard InChI is InChI=1S/C25H34N2O2/c1-29-10-6-2-5-9-27-17-22(21-7-3-4-8-23(21)27)24(28)26-25-14-18-11-19(15-25)13-20(12-18)16-25/h3-4,7-8,17-20H,2,5-6,9-16H2,1H3,(H,26,28). The second-order valence-corrected chi connectivity index (χ2v) is 9.96. The molecule has 0 radical (unpaired) electrons. The van der Waals surface area contributed by atoms with E-state index in [1.807, 2.05) is 6.07 Å². The van der Waals surface area contributed by atoms with Crippen LogP contribution in [0.4, 0.5) is 0 Å². The molecule has 4 aliphatic carbocycles. The minimum Gasteiger partial charge on any atom is -0.385 e. The van der Waals surface area contributed by atoms with Crippen molar-refractivity contribution in [3.8, 4) is 0 Å². The van der Waals surface area contributed by atoms with Gasteiger partial charge in [0.25, 0.3) is 5.91 Å². The molecule has 29 heavy (non-hydrogen) atoms. The van der Waals surface area contributed by atoms with Gasteiger partial charge in [-0.15, -0.1) is 0 Å². The maximum atomic E-state index is 13.4. The molecule has 1 N–H and O–H groups in total. The van der Waals surface area contributed by atoms with Gasteiger partial charge >= 0.3 is 0 Å². The van der Waals surface area contributed by atoms with Crippen molar-refractivity contribution in [1.82, 2.24) is 9.88 Å². The second-order valence-electron chi connectivity index (χ2n) is 9.96. The number of nitrogens with zero attached hydrogens (tertiary/aromatic N) is 1. The number of amides is 1. The first-order valence-corrected chi connectivity index (χ1v) is 11.6. The number of carbonyl (C=O) groups is 1. The summed E-state index contributed by atoms with van der Waals surface area (Å²) in [5.74, 6) is 2.67. The van der Waals surface area contributed by atoms with E-state index in [1.54, 1.807) is 7.11 Å². The SMILES string of the molecule is COCCCCCn1cc(C(=O)NC23CC4CC(CC(C4)C2)C3)c2ccccc21. The Kier molecular flexibility index (Phi) is 5.15. The van der Waals surface area contributed by atoms with Gasteiger partial charge in [-0.05, 0) is 81.6 Å². The van der Waals surface area contributed by atoms with Gasteiger partial charge in [-0.25, -0.2) is 0 Å². The van der Waals surface area contributed by atoms with E-state index in [4.69, 9.17) is 4.74 Å². The highest BCUT2D eigenvalue weighted by Gasteiger charge is 2.51. The van der Waals surface area contributed by atoms with Crippen LogP contribution in [0.3, 0.4) is 0 Å². The monoisotopic (exact) mass is 394 g/mol. The average Bonchev–Trinajstić information content (AvgIpc) is 3.05. The fourth-order valence-corrected chi connectivity index (χ4v) is 6.89. The van der Waals surface area contributed by atoms with E-state index in [0.717, 1.165) is 61.1 Å². The van der Waals surface area contributed by atoms with Crippen LogP contribution in [0.1, 0.15) is 68.1 Å². The zero-order chi connectivity index (χ0) is 19.8. The van der Waals surface area contributed by atoms with E-state index >= 15 is 0 Å². The Morgan fingerprint density at radius 1 is 1.07 bits per heavy atom. The first kappa shape index (κ1) is 19.2. The van der Waals surface area contributed by atoms with E-state index in [1.165, 1.54) is 44.0 Å². The Morgan fingerprint density at radius 2 is 1.76 bits per heavy atom. The third kappa shape index (κ3) is 3.72. The smallest absolute Gasteiger partial charge is 0.253 e. The molecule has 4 bridgehead atoms. The number of methoxy groups -OCH3 is 1. The fraction of sp³-hybridized carbons (Fsp3) is 0.640. The van der Waals surface area contributed by atoms with E-state index in [0.29, 0.717) is 0 Å². The van der Waals surface area contributed by atoms with Crippen LogP contribution in [0.25, 0.3) is 10.9 Å². The van der Waals surface area contributed by atoms with Crippen LogP contribution < -0.4 is 5.32 Å². The summed E-state index contributed by atoms with van der Waals surface area (Å²) < 4.78 is 7.43. The van der Waals surface area contributed by atoms with Crippen LogP contribution in [0.15, 0.2) is 30.5 Å². The number of nitrogens with one attached hydrogen (secondary N) is 1. The summed E-state index contributed by atoms with van der Waals surface area (Å²) >= 11 is 0. The molecule has 0 aliphatic heterocycles. The maximum Gasteiger partial charge on any atom is 0.253 e. The number of hydrogen-bond acceptors (Lipinski definition) is 2. The van der Waals surface area contributed by atoms with Crippen molar-refractivity contribution in [1.29, 1.82) is 0 Å². The predicted molar refractivity (Wildman–Crippen MR) is 116 cm³/mol.